The van der Waals surface area contributed by atoms with E-state index in [1.54, 1.807) is 6.92 Å². The zero-order valence-electron chi connectivity index (χ0n) is 9.23. The summed E-state index contributed by atoms with van der Waals surface area (Å²) in [4.78, 5) is 2.10. The molecule has 1 saturated heterocycles. The largest absolute Gasteiger partial charge is 0.391 e. The van der Waals surface area contributed by atoms with Crippen LogP contribution in [-0.2, 0) is 0 Å². The molecule has 1 aromatic rings. The minimum absolute atomic E-state index is 0.241. The summed E-state index contributed by atoms with van der Waals surface area (Å²) in [5.74, 6) is 0. The SMILES string of the molecule is CC(O)c1ccc(N2CCC(O)C2)cc1Cl. The molecule has 2 unspecified atom stereocenters. The van der Waals surface area contributed by atoms with Crippen molar-refractivity contribution in [2.75, 3.05) is 18.0 Å². The van der Waals surface area contributed by atoms with Gasteiger partial charge in [-0.2, -0.15) is 0 Å². The van der Waals surface area contributed by atoms with Gasteiger partial charge in [0.25, 0.3) is 0 Å². The second kappa shape index (κ2) is 4.62. The molecule has 2 atom stereocenters. The van der Waals surface area contributed by atoms with E-state index < -0.39 is 6.10 Å². The summed E-state index contributed by atoms with van der Waals surface area (Å²) in [5, 5.41) is 19.5. The maximum absolute atomic E-state index is 9.46. The Hall–Kier alpha value is -0.770. The first-order valence-electron chi connectivity index (χ1n) is 5.48. The normalized spacial score (nSPS) is 22.5. The van der Waals surface area contributed by atoms with E-state index in [1.165, 1.54) is 0 Å². The Morgan fingerprint density at radius 2 is 2.25 bits per heavy atom. The summed E-state index contributed by atoms with van der Waals surface area (Å²) >= 11 is 6.09. The van der Waals surface area contributed by atoms with Crippen LogP contribution in [0.3, 0.4) is 0 Å². The van der Waals surface area contributed by atoms with Gasteiger partial charge in [0.05, 0.1) is 12.2 Å². The third kappa shape index (κ3) is 2.32. The summed E-state index contributed by atoms with van der Waals surface area (Å²) in [7, 11) is 0. The van der Waals surface area contributed by atoms with Crippen LogP contribution in [0.1, 0.15) is 25.0 Å². The van der Waals surface area contributed by atoms with Crippen LogP contribution in [0.2, 0.25) is 5.02 Å². The maximum Gasteiger partial charge on any atom is 0.0776 e. The molecule has 1 aromatic carbocycles. The second-order valence-corrected chi connectivity index (χ2v) is 4.68. The lowest BCUT2D eigenvalue weighted by molar-refractivity contribution is 0.198. The van der Waals surface area contributed by atoms with Crippen molar-refractivity contribution in [3.05, 3.63) is 28.8 Å². The number of halogens is 1. The molecule has 2 rings (SSSR count). The molecule has 0 amide bonds. The summed E-state index contributed by atoms with van der Waals surface area (Å²) < 4.78 is 0. The summed E-state index contributed by atoms with van der Waals surface area (Å²) in [6, 6.07) is 5.63. The van der Waals surface area contributed by atoms with E-state index in [2.05, 4.69) is 4.90 Å². The number of β-amino-alcohol motifs (C(OH)–C–C–N with tert-alkyl or cyclic N) is 1. The van der Waals surface area contributed by atoms with Crippen molar-refractivity contribution in [3.63, 3.8) is 0 Å². The van der Waals surface area contributed by atoms with Gasteiger partial charge in [-0.3, -0.25) is 0 Å². The van der Waals surface area contributed by atoms with Crippen LogP contribution >= 0.6 is 11.6 Å². The van der Waals surface area contributed by atoms with Crippen LogP contribution in [0.5, 0.6) is 0 Å². The second-order valence-electron chi connectivity index (χ2n) is 4.27. The topological polar surface area (TPSA) is 43.7 Å². The predicted molar refractivity (Wildman–Crippen MR) is 64.9 cm³/mol. The average Bonchev–Trinajstić information content (AvgIpc) is 2.64. The van der Waals surface area contributed by atoms with E-state index in [4.69, 9.17) is 11.6 Å². The Kier molecular flexibility index (Phi) is 3.38. The number of benzene rings is 1. The Morgan fingerprint density at radius 3 is 2.75 bits per heavy atom. The molecule has 16 heavy (non-hydrogen) atoms. The number of anilines is 1. The zero-order chi connectivity index (χ0) is 11.7. The van der Waals surface area contributed by atoms with Crippen LogP contribution in [0.4, 0.5) is 5.69 Å². The Bertz CT molecular complexity index is 381. The number of rotatable bonds is 2. The molecule has 1 heterocycles. The molecule has 0 aromatic heterocycles. The molecule has 0 spiro atoms. The minimum Gasteiger partial charge on any atom is -0.391 e. The van der Waals surface area contributed by atoms with Crippen LogP contribution in [0.15, 0.2) is 18.2 Å². The summed E-state index contributed by atoms with van der Waals surface area (Å²) in [5.41, 5.74) is 1.75. The molecular weight excluding hydrogens is 226 g/mol. The van der Waals surface area contributed by atoms with Crippen molar-refractivity contribution >= 4 is 17.3 Å². The Balaban J connectivity index is 2.21. The van der Waals surface area contributed by atoms with Gasteiger partial charge in [0.1, 0.15) is 0 Å². The quantitative estimate of drug-likeness (QED) is 0.832. The van der Waals surface area contributed by atoms with E-state index in [1.807, 2.05) is 18.2 Å². The van der Waals surface area contributed by atoms with E-state index in [9.17, 15) is 10.2 Å². The lowest BCUT2D eigenvalue weighted by Gasteiger charge is -2.19. The van der Waals surface area contributed by atoms with Crippen LogP contribution in [-0.4, -0.2) is 29.4 Å². The monoisotopic (exact) mass is 241 g/mol. The fraction of sp³-hybridized carbons (Fsp3) is 0.500. The molecule has 1 aliphatic heterocycles. The summed E-state index contributed by atoms with van der Waals surface area (Å²) in [6.07, 6.45) is 0.0106. The number of hydrogen-bond acceptors (Lipinski definition) is 3. The highest BCUT2D eigenvalue weighted by molar-refractivity contribution is 6.31. The lowest BCUT2D eigenvalue weighted by Crippen LogP contribution is -2.21. The van der Waals surface area contributed by atoms with Crippen LogP contribution in [0, 0.1) is 0 Å². The van der Waals surface area contributed by atoms with Gasteiger partial charge >= 0.3 is 0 Å². The fourth-order valence-corrected chi connectivity index (χ4v) is 2.36. The average molecular weight is 242 g/mol. The van der Waals surface area contributed by atoms with Gasteiger partial charge < -0.3 is 15.1 Å². The number of aliphatic hydroxyl groups is 2. The van der Waals surface area contributed by atoms with Crippen molar-refractivity contribution in [1.82, 2.24) is 0 Å². The fourth-order valence-electron chi connectivity index (χ4n) is 2.03. The van der Waals surface area contributed by atoms with Gasteiger partial charge in [-0.15, -0.1) is 0 Å². The van der Waals surface area contributed by atoms with Crippen LogP contribution in [0.25, 0.3) is 0 Å². The third-order valence-corrected chi connectivity index (χ3v) is 3.29. The van der Waals surface area contributed by atoms with E-state index in [0.29, 0.717) is 11.6 Å². The molecule has 1 aliphatic rings. The maximum atomic E-state index is 9.46. The third-order valence-electron chi connectivity index (χ3n) is 2.96. The standard InChI is InChI=1S/C12H16ClNO2/c1-8(15)11-3-2-9(6-12(11)13)14-5-4-10(16)7-14/h2-3,6,8,10,15-16H,4-5,7H2,1H3. The molecule has 0 radical (unpaired) electrons. The minimum atomic E-state index is -0.550. The molecule has 3 nitrogen and oxygen atoms in total. The molecular formula is C12H16ClNO2. The van der Waals surface area contributed by atoms with Crippen molar-refractivity contribution in [2.45, 2.75) is 25.6 Å². The van der Waals surface area contributed by atoms with Gasteiger partial charge in [-0.25, -0.2) is 0 Å². The molecule has 0 aliphatic carbocycles. The van der Waals surface area contributed by atoms with Gasteiger partial charge in [0, 0.05) is 23.8 Å². The van der Waals surface area contributed by atoms with E-state index in [0.717, 1.165) is 24.2 Å². The van der Waals surface area contributed by atoms with E-state index >= 15 is 0 Å². The number of aliphatic hydroxyl groups excluding tert-OH is 2. The highest BCUT2D eigenvalue weighted by atomic mass is 35.5. The van der Waals surface area contributed by atoms with E-state index in [-0.39, 0.29) is 6.10 Å². The van der Waals surface area contributed by atoms with Gasteiger partial charge in [-0.1, -0.05) is 17.7 Å². The zero-order valence-corrected chi connectivity index (χ0v) is 9.98. The van der Waals surface area contributed by atoms with Gasteiger partial charge in [0.15, 0.2) is 0 Å². The molecule has 0 saturated carbocycles. The Labute approximate surface area is 100 Å². The highest BCUT2D eigenvalue weighted by Crippen LogP contribution is 2.29. The van der Waals surface area contributed by atoms with Gasteiger partial charge in [-0.05, 0) is 31.0 Å². The van der Waals surface area contributed by atoms with Crippen molar-refractivity contribution in [1.29, 1.82) is 0 Å². The predicted octanol–water partition coefficient (Wildman–Crippen LogP) is 1.96. The van der Waals surface area contributed by atoms with Crippen LogP contribution < -0.4 is 4.90 Å². The lowest BCUT2D eigenvalue weighted by atomic mass is 10.1. The molecule has 4 heteroatoms. The molecule has 1 fully saturated rings. The number of hydrogen-bond donors (Lipinski definition) is 2. The molecule has 0 bridgehead atoms. The first-order chi connectivity index (χ1) is 7.58. The Morgan fingerprint density at radius 1 is 1.50 bits per heavy atom. The highest BCUT2D eigenvalue weighted by Gasteiger charge is 2.21. The number of nitrogens with zero attached hydrogens (tertiary/aromatic N) is 1. The van der Waals surface area contributed by atoms with Crippen molar-refractivity contribution in [2.24, 2.45) is 0 Å². The first-order valence-corrected chi connectivity index (χ1v) is 5.86. The van der Waals surface area contributed by atoms with Gasteiger partial charge in [0.2, 0.25) is 0 Å². The molecule has 2 N–H and O–H groups in total. The van der Waals surface area contributed by atoms with Crippen molar-refractivity contribution in [3.8, 4) is 0 Å². The molecule has 88 valence electrons. The van der Waals surface area contributed by atoms with Crippen molar-refractivity contribution < 1.29 is 10.2 Å². The smallest absolute Gasteiger partial charge is 0.0776 e. The first kappa shape index (κ1) is 11.7. The summed E-state index contributed by atoms with van der Waals surface area (Å²) in [6.45, 7) is 3.20.